The van der Waals surface area contributed by atoms with Crippen LogP contribution in [0.25, 0.3) is 0 Å². The van der Waals surface area contributed by atoms with Gasteiger partial charge in [0.25, 0.3) is 5.91 Å². The van der Waals surface area contributed by atoms with Crippen molar-refractivity contribution in [2.24, 2.45) is 0 Å². The molecule has 0 bridgehead atoms. The van der Waals surface area contributed by atoms with Gasteiger partial charge in [-0.15, -0.1) is 0 Å². The number of pyridine rings is 1. The third-order valence-corrected chi connectivity index (χ3v) is 8.36. The molecule has 206 valence electrons. The maximum absolute atomic E-state index is 14.5. The molecule has 0 spiro atoms. The lowest BCUT2D eigenvalue weighted by molar-refractivity contribution is -0.138. The molecule has 1 aliphatic heterocycles. The predicted molar refractivity (Wildman–Crippen MR) is 146 cm³/mol. The lowest BCUT2D eigenvalue weighted by atomic mass is 10.1. The first-order valence-corrected chi connectivity index (χ1v) is 15.5. The Labute approximate surface area is 225 Å². The fourth-order valence-electron chi connectivity index (χ4n) is 4.02. The zero-order chi connectivity index (χ0) is 27.7. The second-order valence-corrected chi connectivity index (χ2v) is 15.7. The molecule has 2 atom stereocenters. The first-order valence-electron chi connectivity index (χ1n) is 11.7. The van der Waals surface area contributed by atoms with Gasteiger partial charge in [0.15, 0.2) is 0 Å². The molecular formula is C25H33BrF4N4O2S. The Morgan fingerprint density at radius 3 is 2.38 bits per heavy atom. The summed E-state index contributed by atoms with van der Waals surface area (Å²) in [4.78, 5) is 21.2. The number of amides is 1. The fourth-order valence-corrected chi connectivity index (χ4v) is 4.94. The van der Waals surface area contributed by atoms with E-state index in [0.717, 1.165) is 12.3 Å². The summed E-state index contributed by atoms with van der Waals surface area (Å²) in [6, 6.07) is 3.68. The van der Waals surface area contributed by atoms with Crippen LogP contribution in [0.1, 0.15) is 29.8 Å². The lowest BCUT2D eigenvalue weighted by Crippen LogP contribution is -2.55. The van der Waals surface area contributed by atoms with Crippen molar-refractivity contribution in [2.75, 3.05) is 61.5 Å². The van der Waals surface area contributed by atoms with E-state index in [0.29, 0.717) is 24.5 Å². The number of likely N-dealkylation sites (N-methyl/N-ethyl adjacent to an activating group) is 1. The number of nitrogens with one attached hydrogen (secondary N) is 1. The molecule has 1 N–H and O–H groups in total. The van der Waals surface area contributed by atoms with Gasteiger partial charge in [0, 0.05) is 49.3 Å². The Bertz CT molecular complexity index is 1130. The molecule has 3 rings (SSSR count). The molecule has 1 aromatic carbocycles. The minimum Gasteiger partial charge on any atom is -0.477 e. The van der Waals surface area contributed by atoms with Crippen molar-refractivity contribution in [3.05, 3.63) is 45.8 Å². The van der Waals surface area contributed by atoms with Crippen LogP contribution in [-0.4, -0.2) is 79.1 Å². The van der Waals surface area contributed by atoms with Gasteiger partial charge in [0.1, 0.15) is 5.82 Å². The van der Waals surface area contributed by atoms with Crippen LogP contribution in [0.2, 0.25) is 0 Å². The SMILES string of the molecule is C[C@@H]1CN(c2cc(F)c(Br)cc2NC(=O)c2cnc(OCCS(C)(C)C)cc2C(F)(F)F)C[C@H](C)N1C. The summed E-state index contributed by atoms with van der Waals surface area (Å²) in [5.41, 5.74) is -1.20. The number of halogens is 5. The highest BCUT2D eigenvalue weighted by molar-refractivity contribution is 9.10. The quantitative estimate of drug-likeness (QED) is 0.399. The largest absolute Gasteiger partial charge is 0.477 e. The van der Waals surface area contributed by atoms with E-state index < -0.39 is 39.1 Å². The number of hydrogen-bond donors (Lipinski definition) is 1. The molecule has 6 nitrogen and oxygen atoms in total. The van der Waals surface area contributed by atoms with Crippen molar-refractivity contribution in [3.8, 4) is 5.88 Å². The molecular weight excluding hydrogens is 576 g/mol. The monoisotopic (exact) mass is 608 g/mol. The van der Waals surface area contributed by atoms with Crippen molar-refractivity contribution in [2.45, 2.75) is 32.1 Å². The molecule has 1 aromatic heterocycles. The topological polar surface area (TPSA) is 57.7 Å². The molecule has 0 radical (unpaired) electrons. The van der Waals surface area contributed by atoms with Crippen molar-refractivity contribution in [1.82, 2.24) is 9.88 Å². The Balaban J connectivity index is 1.92. The van der Waals surface area contributed by atoms with Gasteiger partial charge < -0.3 is 15.0 Å². The van der Waals surface area contributed by atoms with E-state index in [1.54, 1.807) is 0 Å². The summed E-state index contributed by atoms with van der Waals surface area (Å²) in [6.45, 7) is 5.40. The average Bonchev–Trinajstić information content (AvgIpc) is 2.78. The van der Waals surface area contributed by atoms with Crippen molar-refractivity contribution in [3.63, 3.8) is 0 Å². The number of benzene rings is 1. The molecule has 0 aliphatic carbocycles. The predicted octanol–water partition coefficient (Wildman–Crippen LogP) is 5.86. The van der Waals surface area contributed by atoms with Gasteiger partial charge in [-0.25, -0.2) is 19.4 Å². The van der Waals surface area contributed by atoms with Gasteiger partial charge in [-0.2, -0.15) is 13.2 Å². The number of rotatable bonds is 7. The van der Waals surface area contributed by atoms with E-state index in [-0.39, 0.29) is 34.7 Å². The maximum Gasteiger partial charge on any atom is 0.417 e. The molecule has 0 unspecified atom stereocenters. The highest BCUT2D eigenvalue weighted by atomic mass is 79.9. The Kier molecular flexibility index (Phi) is 9.06. The Hall–Kier alpha value is -2.05. The van der Waals surface area contributed by atoms with Gasteiger partial charge in [-0.1, -0.05) is 0 Å². The molecule has 12 heteroatoms. The number of aromatic nitrogens is 1. The van der Waals surface area contributed by atoms with E-state index >= 15 is 0 Å². The number of hydrogen-bond acceptors (Lipinski definition) is 5. The number of carbonyl (C=O) groups is 1. The molecule has 37 heavy (non-hydrogen) atoms. The third-order valence-electron chi connectivity index (χ3n) is 6.36. The number of anilines is 2. The molecule has 2 aromatic rings. The second kappa shape index (κ2) is 11.4. The van der Waals surface area contributed by atoms with Gasteiger partial charge in [0.05, 0.1) is 33.6 Å². The Morgan fingerprint density at radius 2 is 1.81 bits per heavy atom. The summed E-state index contributed by atoms with van der Waals surface area (Å²) in [5, 5.41) is 2.56. The van der Waals surface area contributed by atoms with Crippen LogP contribution in [0, 0.1) is 5.82 Å². The van der Waals surface area contributed by atoms with Gasteiger partial charge in [-0.05, 0) is 61.7 Å². The summed E-state index contributed by atoms with van der Waals surface area (Å²) in [7, 11) is 1.11. The van der Waals surface area contributed by atoms with E-state index in [4.69, 9.17) is 4.74 Å². The first kappa shape index (κ1) is 29.5. The summed E-state index contributed by atoms with van der Waals surface area (Å²) in [5.74, 6) is -1.04. The van der Waals surface area contributed by atoms with E-state index in [2.05, 4.69) is 49.9 Å². The van der Waals surface area contributed by atoms with Gasteiger partial charge in [-0.3, -0.25) is 9.69 Å². The Morgan fingerprint density at radius 1 is 1.19 bits per heavy atom. The van der Waals surface area contributed by atoms with Crippen molar-refractivity contribution < 1.29 is 27.1 Å². The zero-order valence-electron chi connectivity index (χ0n) is 21.7. The maximum atomic E-state index is 14.5. The lowest BCUT2D eigenvalue weighted by Gasteiger charge is -2.44. The van der Waals surface area contributed by atoms with Gasteiger partial charge >= 0.3 is 6.18 Å². The number of nitrogens with zero attached hydrogens (tertiary/aromatic N) is 3. The van der Waals surface area contributed by atoms with E-state index in [1.807, 2.05) is 25.8 Å². The summed E-state index contributed by atoms with van der Waals surface area (Å²) in [6.07, 6.45) is 2.28. The van der Waals surface area contributed by atoms with Crippen molar-refractivity contribution >= 4 is 43.2 Å². The van der Waals surface area contributed by atoms with Crippen LogP contribution in [0.5, 0.6) is 5.88 Å². The molecule has 2 heterocycles. The minimum atomic E-state index is -4.81. The molecule has 1 aliphatic rings. The van der Waals surface area contributed by atoms with Crippen LogP contribution >= 0.6 is 26.0 Å². The number of alkyl halides is 3. The molecule has 1 saturated heterocycles. The number of carbonyl (C=O) groups excluding carboxylic acids is 1. The number of piperazine rings is 1. The third kappa shape index (κ3) is 7.51. The average molecular weight is 610 g/mol. The molecule has 1 amide bonds. The van der Waals surface area contributed by atoms with Crippen LogP contribution in [0.15, 0.2) is 28.9 Å². The highest BCUT2D eigenvalue weighted by Crippen LogP contribution is 2.37. The molecule has 0 saturated carbocycles. The summed E-state index contributed by atoms with van der Waals surface area (Å²) < 4.78 is 61.8. The first-order chi connectivity index (χ1) is 17.1. The smallest absolute Gasteiger partial charge is 0.417 e. The van der Waals surface area contributed by atoms with Crippen LogP contribution in [0.3, 0.4) is 0 Å². The van der Waals surface area contributed by atoms with E-state index in [1.165, 1.54) is 12.1 Å². The van der Waals surface area contributed by atoms with Gasteiger partial charge in [0.2, 0.25) is 5.88 Å². The van der Waals surface area contributed by atoms with Crippen LogP contribution in [0.4, 0.5) is 28.9 Å². The minimum absolute atomic E-state index is 0.0840. The zero-order valence-corrected chi connectivity index (χ0v) is 24.2. The highest BCUT2D eigenvalue weighted by Gasteiger charge is 2.37. The molecule has 1 fully saturated rings. The summed E-state index contributed by atoms with van der Waals surface area (Å²) >= 11 is 3.12. The standard InChI is InChI=1S/C25H33BrF4N4O2S/c1-15-13-34(14-16(2)33(15)3)22-11-20(27)19(26)10-21(22)32-24(35)17-12-31-23(9-18(17)25(28,29)30)36-7-8-37(4,5)6/h9-12,15-16H,7-8,13-14H2,1-6H3,(H,32,35)/t15-,16+. The van der Waals surface area contributed by atoms with Crippen LogP contribution < -0.4 is 15.0 Å². The number of ether oxygens (including phenoxy) is 1. The second-order valence-electron chi connectivity index (χ2n) is 10.2. The van der Waals surface area contributed by atoms with Crippen LogP contribution in [-0.2, 0) is 6.18 Å². The van der Waals surface area contributed by atoms with Crippen molar-refractivity contribution in [1.29, 1.82) is 0 Å². The fraction of sp³-hybridized carbons (Fsp3) is 0.520. The normalized spacial score (nSPS) is 19.6. The van der Waals surface area contributed by atoms with E-state index in [9.17, 15) is 22.4 Å².